The van der Waals surface area contributed by atoms with Gasteiger partial charge in [-0.1, -0.05) is 0 Å². The van der Waals surface area contributed by atoms with Gasteiger partial charge in [0.15, 0.2) is 11.5 Å². The van der Waals surface area contributed by atoms with Crippen LogP contribution in [0, 0.1) is 6.92 Å². The zero-order valence-electron chi connectivity index (χ0n) is 13.2. The van der Waals surface area contributed by atoms with Crippen molar-refractivity contribution in [2.75, 3.05) is 32.4 Å². The van der Waals surface area contributed by atoms with E-state index in [1.807, 2.05) is 0 Å². The van der Waals surface area contributed by atoms with Gasteiger partial charge < -0.3 is 9.32 Å². The van der Waals surface area contributed by atoms with Gasteiger partial charge in [0.2, 0.25) is 10.0 Å². The van der Waals surface area contributed by atoms with Gasteiger partial charge in [0.25, 0.3) is 5.91 Å². The Balaban J connectivity index is 1.78. The Morgan fingerprint density at radius 1 is 1.22 bits per heavy atom. The Bertz CT molecular complexity index is 844. The Kier molecular flexibility index (Phi) is 4.11. The molecular formula is C15H19N3O4S. The number of aromatic nitrogens is 1. The van der Waals surface area contributed by atoms with Crippen molar-refractivity contribution in [1.29, 1.82) is 0 Å². The molecule has 1 aliphatic rings. The van der Waals surface area contributed by atoms with Crippen molar-refractivity contribution in [3.8, 4) is 0 Å². The van der Waals surface area contributed by atoms with Gasteiger partial charge in [-0.05, 0) is 24.6 Å². The van der Waals surface area contributed by atoms with E-state index in [2.05, 4.69) is 4.98 Å². The van der Waals surface area contributed by atoms with E-state index in [1.54, 1.807) is 30.0 Å². The highest BCUT2D eigenvalue weighted by Crippen LogP contribution is 2.19. The van der Waals surface area contributed by atoms with Crippen LogP contribution in [0.25, 0.3) is 11.1 Å². The van der Waals surface area contributed by atoms with Gasteiger partial charge in [-0.25, -0.2) is 17.7 Å². The maximum Gasteiger partial charge on any atom is 0.254 e. The molecule has 0 N–H and O–H groups in total. The predicted octanol–water partition coefficient (Wildman–Crippen LogP) is 1.24. The molecule has 124 valence electrons. The molecule has 0 radical (unpaired) electrons. The zero-order valence-corrected chi connectivity index (χ0v) is 14.0. The van der Waals surface area contributed by atoms with E-state index in [9.17, 15) is 13.2 Å². The summed E-state index contributed by atoms with van der Waals surface area (Å²) < 4.78 is 30.2. The number of sulfonamides is 1. The molecule has 2 aromatic rings. The number of benzene rings is 1. The van der Waals surface area contributed by atoms with Crippen LogP contribution in [0.1, 0.15) is 22.7 Å². The van der Waals surface area contributed by atoms with E-state index in [0.717, 1.165) is 5.52 Å². The van der Waals surface area contributed by atoms with E-state index in [-0.39, 0.29) is 5.91 Å². The first-order valence-electron chi connectivity index (χ1n) is 7.46. The Morgan fingerprint density at radius 2 is 2.00 bits per heavy atom. The SMILES string of the molecule is Cc1nc2ccc(C(=O)N3CCCN(S(C)(=O)=O)CC3)cc2o1. The van der Waals surface area contributed by atoms with Crippen molar-refractivity contribution in [3.63, 3.8) is 0 Å². The molecule has 0 saturated carbocycles. The summed E-state index contributed by atoms with van der Waals surface area (Å²) in [4.78, 5) is 18.6. The number of rotatable bonds is 2. The van der Waals surface area contributed by atoms with Gasteiger partial charge in [-0.2, -0.15) is 0 Å². The molecule has 0 bridgehead atoms. The van der Waals surface area contributed by atoms with Crippen molar-refractivity contribution >= 4 is 27.0 Å². The first-order chi connectivity index (χ1) is 10.8. The number of nitrogens with zero attached hydrogens (tertiary/aromatic N) is 3. The summed E-state index contributed by atoms with van der Waals surface area (Å²) in [6.07, 6.45) is 1.83. The van der Waals surface area contributed by atoms with Gasteiger partial charge in [-0.15, -0.1) is 0 Å². The summed E-state index contributed by atoms with van der Waals surface area (Å²) in [5, 5.41) is 0. The van der Waals surface area contributed by atoms with E-state index in [1.165, 1.54) is 10.6 Å². The van der Waals surface area contributed by atoms with Crippen LogP contribution in [0.2, 0.25) is 0 Å². The molecule has 23 heavy (non-hydrogen) atoms. The van der Waals surface area contributed by atoms with Crippen LogP contribution in [0.5, 0.6) is 0 Å². The third-order valence-corrected chi connectivity index (χ3v) is 5.26. The van der Waals surface area contributed by atoms with Crippen molar-refractivity contribution in [3.05, 3.63) is 29.7 Å². The predicted molar refractivity (Wildman–Crippen MR) is 85.7 cm³/mol. The van der Waals surface area contributed by atoms with Gasteiger partial charge in [-0.3, -0.25) is 4.79 Å². The minimum Gasteiger partial charge on any atom is -0.441 e. The molecule has 1 aromatic heterocycles. The number of hydrogen-bond acceptors (Lipinski definition) is 5. The number of amides is 1. The van der Waals surface area contributed by atoms with E-state index in [0.29, 0.717) is 49.6 Å². The van der Waals surface area contributed by atoms with Crippen LogP contribution in [-0.2, 0) is 10.0 Å². The van der Waals surface area contributed by atoms with E-state index >= 15 is 0 Å². The zero-order chi connectivity index (χ0) is 16.6. The van der Waals surface area contributed by atoms with E-state index in [4.69, 9.17) is 4.42 Å². The van der Waals surface area contributed by atoms with Crippen molar-refractivity contribution < 1.29 is 17.6 Å². The lowest BCUT2D eigenvalue weighted by Crippen LogP contribution is -2.36. The lowest BCUT2D eigenvalue weighted by Gasteiger charge is -2.21. The van der Waals surface area contributed by atoms with Crippen molar-refractivity contribution in [1.82, 2.24) is 14.2 Å². The first-order valence-corrected chi connectivity index (χ1v) is 9.31. The highest BCUT2D eigenvalue weighted by atomic mass is 32.2. The molecule has 1 aliphatic heterocycles. The van der Waals surface area contributed by atoms with Crippen LogP contribution < -0.4 is 0 Å². The van der Waals surface area contributed by atoms with Gasteiger partial charge in [0.1, 0.15) is 5.52 Å². The van der Waals surface area contributed by atoms with Gasteiger partial charge in [0.05, 0.1) is 6.26 Å². The molecule has 0 spiro atoms. The summed E-state index contributed by atoms with van der Waals surface area (Å²) in [7, 11) is -3.22. The smallest absolute Gasteiger partial charge is 0.254 e. The minimum absolute atomic E-state index is 0.115. The number of aryl methyl sites for hydroxylation is 1. The maximum atomic E-state index is 12.7. The molecule has 1 saturated heterocycles. The molecule has 7 nitrogen and oxygen atoms in total. The molecule has 0 aliphatic carbocycles. The molecule has 1 amide bonds. The average Bonchev–Trinajstić information content (AvgIpc) is 2.70. The Morgan fingerprint density at radius 3 is 2.74 bits per heavy atom. The largest absolute Gasteiger partial charge is 0.441 e. The number of oxazole rings is 1. The molecule has 1 aromatic carbocycles. The number of carbonyl (C=O) groups is 1. The van der Waals surface area contributed by atoms with Crippen LogP contribution in [0.15, 0.2) is 22.6 Å². The molecular weight excluding hydrogens is 318 g/mol. The molecule has 1 fully saturated rings. The molecule has 8 heteroatoms. The summed E-state index contributed by atoms with van der Waals surface area (Å²) >= 11 is 0. The van der Waals surface area contributed by atoms with Gasteiger partial charge in [0, 0.05) is 38.7 Å². The van der Waals surface area contributed by atoms with Crippen LogP contribution in [0.3, 0.4) is 0 Å². The number of hydrogen-bond donors (Lipinski definition) is 0. The summed E-state index contributed by atoms with van der Waals surface area (Å²) in [6.45, 7) is 3.46. The van der Waals surface area contributed by atoms with Crippen molar-refractivity contribution in [2.24, 2.45) is 0 Å². The standard InChI is InChI=1S/C15H19N3O4S/c1-11-16-13-5-4-12(10-14(13)22-11)15(19)17-6-3-7-18(9-8-17)23(2,20)21/h4-5,10H,3,6-9H2,1-2H3. The average molecular weight is 337 g/mol. The molecule has 0 unspecified atom stereocenters. The van der Waals surface area contributed by atoms with E-state index < -0.39 is 10.0 Å². The third kappa shape index (κ3) is 3.37. The number of carbonyl (C=O) groups excluding carboxylic acids is 1. The normalized spacial score (nSPS) is 17.4. The van der Waals surface area contributed by atoms with Gasteiger partial charge >= 0.3 is 0 Å². The second kappa shape index (κ2) is 5.93. The molecule has 0 atom stereocenters. The highest BCUT2D eigenvalue weighted by molar-refractivity contribution is 7.88. The first kappa shape index (κ1) is 15.9. The monoisotopic (exact) mass is 337 g/mol. The molecule has 3 rings (SSSR count). The Hall–Kier alpha value is -1.93. The summed E-state index contributed by atoms with van der Waals surface area (Å²) in [6, 6.07) is 5.18. The fraction of sp³-hybridized carbons (Fsp3) is 0.467. The van der Waals surface area contributed by atoms with Crippen molar-refractivity contribution in [2.45, 2.75) is 13.3 Å². The van der Waals surface area contributed by atoms with Crippen LogP contribution >= 0.6 is 0 Å². The fourth-order valence-corrected chi connectivity index (χ4v) is 3.66. The van der Waals surface area contributed by atoms with Crippen LogP contribution in [-0.4, -0.2) is 60.9 Å². The highest BCUT2D eigenvalue weighted by Gasteiger charge is 2.24. The lowest BCUT2D eigenvalue weighted by atomic mass is 10.1. The third-order valence-electron chi connectivity index (χ3n) is 3.95. The lowest BCUT2D eigenvalue weighted by molar-refractivity contribution is 0.0764. The summed E-state index contributed by atoms with van der Waals surface area (Å²) in [5.74, 6) is 0.444. The second-order valence-electron chi connectivity index (χ2n) is 5.72. The Labute approximate surface area is 134 Å². The van der Waals surface area contributed by atoms with Crippen LogP contribution in [0.4, 0.5) is 0 Å². The topological polar surface area (TPSA) is 83.7 Å². The quantitative estimate of drug-likeness (QED) is 0.823. The number of fused-ring (bicyclic) bond motifs is 1. The maximum absolute atomic E-state index is 12.7. The second-order valence-corrected chi connectivity index (χ2v) is 7.71. The summed E-state index contributed by atoms with van der Waals surface area (Å²) in [5.41, 5.74) is 1.83. The fourth-order valence-electron chi connectivity index (χ4n) is 2.78. The molecule has 2 heterocycles. The minimum atomic E-state index is -3.22.